The number of fused-ring (bicyclic) bond motifs is 1. The van der Waals surface area contributed by atoms with Crippen molar-refractivity contribution in [2.45, 2.75) is 13.8 Å². The number of para-hydroxylation sites is 2. The first-order chi connectivity index (χ1) is 10.7. The van der Waals surface area contributed by atoms with Crippen molar-refractivity contribution in [1.29, 1.82) is 0 Å². The highest BCUT2D eigenvalue weighted by atomic mass is 16.6. The van der Waals surface area contributed by atoms with Crippen LogP contribution in [0, 0.1) is 6.92 Å². The smallest absolute Gasteiger partial charge is 0.364 e. The molecule has 5 nitrogen and oxygen atoms in total. The fourth-order valence-electron chi connectivity index (χ4n) is 2.21. The zero-order valence-electron chi connectivity index (χ0n) is 12.4. The van der Waals surface area contributed by atoms with Crippen LogP contribution in [0.3, 0.4) is 0 Å². The number of rotatable bonds is 4. The first-order valence-corrected chi connectivity index (χ1v) is 7.07. The van der Waals surface area contributed by atoms with Crippen molar-refractivity contribution in [2.24, 2.45) is 0 Å². The third-order valence-corrected chi connectivity index (χ3v) is 3.26. The number of aryl methyl sites for hydroxylation is 1. The van der Waals surface area contributed by atoms with E-state index in [1.165, 1.54) is 0 Å². The summed E-state index contributed by atoms with van der Waals surface area (Å²) in [4.78, 5) is 16.6. The van der Waals surface area contributed by atoms with E-state index in [1.54, 1.807) is 24.4 Å². The van der Waals surface area contributed by atoms with Gasteiger partial charge in [-0.05, 0) is 38.1 Å². The quantitative estimate of drug-likeness (QED) is 0.548. The molecule has 22 heavy (non-hydrogen) atoms. The molecule has 3 aromatic rings. The van der Waals surface area contributed by atoms with Crippen molar-refractivity contribution in [2.75, 3.05) is 6.61 Å². The van der Waals surface area contributed by atoms with Gasteiger partial charge in [0.1, 0.15) is 5.65 Å². The topological polar surface area (TPSA) is 52.8 Å². The largest absolute Gasteiger partial charge is 0.490 e. The molecule has 0 unspecified atom stereocenters. The van der Waals surface area contributed by atoms with E-state index in [-0.39, 0.29) is 5.69 Å². The zero-order valence-corrected chi connectivity index (χ0v) is 12.4. The molecule has 0 fully saturated rings. The second-order valence-corrected chi connectivity index (χ2v) is 4.79. The van der Waals surface area contributed by atoms with E-state index in [2.05, 4.69) is 4.98 Å². The molecule has 112 valence electrons. The minimum Gasteiger partial charge on any atom is -0.490 e. The van der Waals surface area contributed by atoms with E-state index in [0.29, 0.717) is 23.8 Å². The Labute approximate surface area is 128 Å². The highest BCUT2D eigenvalue weighted by molar-refractivity contribution is 5.90. The van der Waals surface area contributed by atoms with Crippen molar-refractivity contribution >= 4 is 11.6 Å². The van der Waals surface area contributed by atoms with Crippen LogP contribution in [0.25, 0.3) is 5.65 Å². The summed E-state index contributed by atoms with van der Waals surface area (Å²) in [5.74, 6) is 0.427. The number of ether oxygens (including phenoxy) is 2. The highest BCUT2D eigenvalue weighted by Crippen LogP contribution is 2.27. The maximum Gasteiger partial charge on any atom is 0.364 e. The molecule has 0 saturated heterocycles. The van der Waals surface area contributed by atoms with E-state index in [1.807, 2.05) is 42.5 Å². The molecular weight excluding hydrogens is 280 g/mol. The molecule has 0 amide bonds. The van der Waals surface area contributed by atoms with Crippen molar-refractivity contribution in [3.8, 4) is 11.5 Å². The Morgan fingerprint density at radius 3 is 2.64 bits per heavy atom. The van der Waals surface area contributed by atoms with Gasteiger partial charge in [0, 0.05) is 11.9 Å². The summed E-state index contributed by atoms with van der Waals surface area (Å²) in [6, 6.07) is 12.8. The second kappa shape index (κ2) is 5.89. The van der Waals surface area contributed by atoms with Gasteiger partial charge in [0.25, 0.3) is 0 Å². The van der Waals surface area contributed by atoms with Gasteiger partial charge in [0.05, 0.1) is 6.61 Å². The molecule has 0 spiro atoms. The van der Waals surface area contributed by atoms with E-state index in [9.17, 15) is 4.79 Å². The van der Waals surface area contributed by atoms with Gasteiger partial charge in [-0.15, -0.1) is 0 Å². The molecule has 0 aliphatic carbocycles. The minimum atomic E-state index is -0.504. The van der Waals surface area contributed by atoms with E-state index < -0.39 is 5.97 Å². The van der Waals surface area contributed by atoms with Crippen LogP contribution < -0.4 is 9.47 Å². The summed E-state index contributed by atoms with van der Waals surface area (Å²) in [6.07, 6.45) is 1.68. The summed E-state index contributed by atoms with van der Waals surface area (Å²) >= 11 is 0. The SMILES string of the molecule is CCOc1ccccc1OC(=O)c1cn2c(C)cccc2n1. The van der Waals surface area contributed by atoms with Crippen LogP contribution in [0.15, 0.2) is 48.7 Å². The summed E-state index contributed by atoms with van der Waals surface area (Å²) in [5, 5.41) is 0. The lowest BCUT2D eigenvalue weighted by Crippen LogP contribution is -2.10. The predicted molar refractivity (Wildman–Crippen MR) is 82.5 cm³/mol. The van der Waals surface area contributed by atoms with Gasteiger partial charge < -0.3 is 13.9 Å². The normalized spacial score (nSPS) is 10.6. The number of imidazole rings is 1. The van der Waals surface area contributed by atoms with Gasteiger partial charge in [0.15, 0.2) is 17.2 Å². The minimum absolute atomic E-state index is 0.264. The fourth-order valence-corrected chi connectivity index (χ4v) is 2.21. The average molecular weight is 296 g/mol. The fraction of sp³-hybridized carbons (Fsp3) is 0.176. The number of pyridine rings is 1. The van der Waals surface area contributed by atoms with Crippen LogP contribution in [-0.2, 0) is 0 Å². The van der Waals surface area contributed by atoms with Gasteiger partial charge in [0.2, 0.25) is 0 Å². The van der Waals surface area contributed by atoms with Gasteiger partial charge in [-0.1, -0.05) is 18.2 Å². The molecule has 0 N–H and O–H groups in total. The number of benzene rings is 1. The molecule has 2 heterocycles. The number of nitrogens with zero attached hydrogens (tertiary/aromatic N) is 2. The van der Waals surface area contributed by atoms with E-state index in [0.717, 1.165) is 5.69 Å². The van der Waals surface area contributed by atoms with Crippen LogP contribution in [0.2, 0.25) is 0 Å². The average Bonchev–Trinajstić information content (AvgIpc) is 2.95. The molecule has 5 heteroatoms. The van der Waals surface area contributed by atoms with Crippen LogP contribution >= 0.6 is 0 Å². The number of hydrogen-bond acceptors (Lipinski definition) is 4. The lowest BCUT2D eigenvalue weighted by atomic mass is 10.3. The lowest BCUT2D eigenvalue weighted by Gasteiger charge is -2.08. The Balaban J connectivity index is 1.89. The Hall–Kier alpha value is -2.82. The maximum absolute atomic E-state index is 12.3. The van der Waals surface area contributed by atoms with Crippen LogP contribution in [0.5, 0.6) is 11.5 Å². The first-order valence-electron chi connectivity index (χ1n) is 7.07. The van der Waals surface area contributed by atoms with E-state index >= 15 is 0 Å². The molecule has 0 saturated carbocycles. The predicted octanol–water partition coefficient (Wildman–Crippen LogP) is 3.26. The van der Waals surface area contributed by atoms with Gasteiger partial charge in [-0.3, -0.25) is 0 Å². The maximum atomic E-state index is 12.3. The van der Waals surface area contributed by atoms with Crippen molar-refractivity contribution in [3.63, 3.8) is 0 Å². The van der Waals surface area contributed by atoms with Crippen LogP contribution in [0.1, 0.15) is 23.1 Å². The Morgan fingerprint density at radius 1 is 1.14 bits per heavy atom. The molecule has 0 bridgehead atoms. The number of hydrogen-bond donors (Lipinski definition) is 0. The van der Waals surface area contributed by atoms with Gasteiger partial charge >= 0.3 is 5.97 Å². The third-order valence-electron chi connectivity index (χ3n) is 3.26. The zero-order chi connectivity index (χ0) is 15.5. The molecule has 2 aromatic heterocycles. The monoisotopic (exact) mass is 296 g/mol. The van der Waals surface area contributed by atoms with Crippen molar-refractivity contribution in [3.05, 3.63) is 60.0 Å². The molecule has 0 radical (unpaired) electrons. The molecule has 3 rings (SSSR count). The molecule has 1 aromatic carbocycles. The first kappa shape index (κ1) is 14.1. The Morgan fingerprint density at radius 2 is 1.91 bits per heavy atom. The van der Waals surface area contributed by atoms with E-state index in [4.69, 9.17) is 9.47 Å². The van der Waals surface area contributed by atoms with Crippen molar-refractivity contribution in [1.82, 2.24) is 9.38 Å². The summed E-state index contributed by atoms with van der Waals surface area (Å²) < 4.78 is 12.7. The second-order valence-electron chi connectivity index (χ2n) is 4.79. The van der Waals surface area contributed by atoms with Crippen LogP contribution in [0.4, 0.5) is 0 Å². The van der Waals surface area contributed by atoms with Crippen LogP contribution in [-0.4, -0.2) is 22.0 Å². The Bertz CT molecular complexity index is 824. The highest BCUT2D eigenvalue weighted by Gasteiger charge is 2.16. The summed E-state index contributed by atoms with van der Waals surface area (Å²) in [5.41, 5.74) is 1.98. The lowest BCUT2D eigenvalue weighted by molar-refractivity contribution is 0.0723. The summed E-state index contributed by atoms with van der Waals surface area (Å²) in [7, 11) is 0. The number of carbonyl (C=O) groups excluding carboxylic acids is 1. The number of carbonyl (C=O) groups is 1. The molecule has 0 atom stereocenters. The molecule has 0 aliphatic heterocycles. The summed E-state index contributed by atoms with van der Waals surface area (Å²) in [6.45, 7) is 4.33. The Kier molecular flexibility index (Phi) is 3.78. The van der Waals surface area contributed by atoms with Gasteiger partial charge in [-0.25, -0.2) is 9.78 Å². The number of aromatic nitrogens is 2. The standard InChI is InChI=1S/C17H16N2O3/c1-3-21-14-8-4-5-9-15(14)22-17(20)13-11-19-12(2)7-6-10-16(19)18-13/h4-11H,3H2,1-2H3. The molecule has 0 aliphatic rings. The third kappa shape index (κ3) is 2.65. The molecular formula is C17H16N2O3. The van der Waals surface area contributed by atoms with Gasteiger partial charge in [-0.2, -0.15) is 0 Å². The number of esters is 1. The van der Waals surface area contributed by atoms with Crippen molar-refractivity contribution < 1.29 is 14.3 Å².